The molecule has 0 aliphatic carbocycles. The molecule has 23 heavy (non-hydrogen) atoms. The molecular formula is C18H14FNO2S. The molecule has 2 aromatic carbocycles. The lowest BCUT2D eigenvalue weighted by Crippen LogP contribution is -1.99. The zero-order chi connectivity index (χ0) is 16.4. The van der Waals surface area contributed by atoms with Gasteiger partial charge in [-0.3, -0.25) is 4.79 Å². The molecule has 0 saturated heterocycles. The Morgan fingerprint density at radius 1 is 1.09 bits per heavy atom. The summed E-state index contributed by atoms with van der Waals surface area (Å²) < 4.78 is 13.1. The molecule has 0 radical (unpaired) electrons. The molecule has 1 aromatic heterocycles. The number of thiazole rings is 1. The first-order valence-electron chi connectivity index (χ1n) is 7.07. The first-order valence-corrected chi connectivity index (χ1v) is 7.89. The Labute approximate surface area is 137 Å². The van der Waals surface area contributed by atoms with Crippen molar-refractivity contribution in [3.8, 4) is 21.8 Å². The maximum absolute atomic E-state index is 13.1. The van der Waals surface area contributed by atoms with E-state index >= 15 is 0 Å². The quantitative estimate of drug-likeness (QED) is 0.764. The Balaban J connectivity index is 2.08. The molecule has 0 bridgehead atoms. The van der Waals surface area contributed by atoms with Crippen molar-refractivity contribution in [3.63, 3.8) is 0 Å². The minimum Gasteiger partial charge on any atom is -0.481 e. The minimum absolute atomic E-state index is 0.101. The third-order valence-electron chi connectivity index (χ3n) is 3.43. The number of aryl methyl sites for hydroxylation is 1. The van der Waals surface area contributed by atoms with Gasteiger partial charge in [0.25, 0.3) is 0 Å². The van der Waals surface area contributed by atoms with Crippen LogP contribution in [0.2, 0.25) is 0 Å². The van der Waals surface area contributed by atoms with E-state index in [0.29, 0.717) is 10.6 Å². The molecule has 0 aliphatic rings. The van der Waals surface area contributed by atoms with Gasteiger partial charge in [-0.05, 0) is 31.2 Å². The van der Waals surface area contributed by atoms with Gasteiger partial charge >= 0.3 is 5.97 Å². The van der Waals surface area contributed by atoms with Gasteiger partial charge in [0.1, 0.15) is 10.8 Å². The van der Waals surface area contributed by atoms with Crippen LogP contribution in [0.3, 0.4) is 0 Å². The topological polar surface area (TPSA) is 50.2 Å². The number of aliphatic carboxylic acids is 1. The molecule has 1 N–H and O–H groups in total. The first kappa shape index (κ1) is 15.4. The van der Waals surface area contributed by atoms with Gasteiger partial charge in [0, 0.05) is 16.0 Å². The van der Waals surface area contributed by atoms with Gasteiger partial charge in [-0.1, -0.05) is 29.8 Å². The molecule has 0 unspecified atom stereocenters. The van der Waals surface area contributed by atoms with Crippen molar-refractivity contribution in [3.05, 3.63) is 64.8 Å². The second-order valence-corrected chi connectivity index (χ2v) is 6.32. The highest BCUT2D eigenvalue weighted by atomic mass is 32.1. The number of benzene rings is 2. The summed E-state index contributed by atoms with van der Waals surface area (Å²) in [6.45, 7) is 2.01. The van der Waals surface area contributed by atoms with Crippen LogP contribution in [0.4, 0.5) is 4.39 Å². The van der Waals surface area contributed by atoms with Gasteiger partial charge in [0.15, 0.2) is 0 Å². The van der Waals surface area contributed by atoms with Crippen molar-refractivity contribution in [2.75, 3.05) is 0 Å². The summed E-state index contributed by atoms with van der Waals surface area (Å²) in [5.41, 5.74) is 3.42. The van der Waals surface area contributed by atoms with Crippen LogP contribution in [0.25, 0.3) is 21.8 Å². The number of hydrogen-bond acceptors (Lipinski definition) is 3. The van der Waals surface area contributed by atoms with E-state index in [2.05, 4.69) is 4.98 Å². The van der Waals surface area contributed by atoms with Crippen LogP contribution in [0.15, 0.2) is 48.5 Å². The fourth-order valence-corrected chi connectivity index (χ4v) is 3.34. The Kier molecular flexibility index (Phi) is 4.21. The van der Waals surface area contributed by atoms with Crippen LogP contribution in [0.5, 0.6) is 0 Å². The van der Waals surface area contributed by atoms with Crippen molar-refractivity contribution < 1.29 is 14.3 Å². The van der Waals surface area contributed by atoms with Crippen molar-refractivity contribution in [2.45, 2.75) is 13.3 Å². The maximum Gasteiger partial charge on any atom is 0.308 e. The molecule has 5 heteroatoms. The molecule has 3 nitrogen and oxygen atoms in total. The lowest BCUT2D eigenvalue weighted by molar-refractivity contribution is -0.136. The Morgan fingerprint density at radius 2 is 1.70 bits per heavy atom. The molecule has 0 atom stereocenters. The molecular weight excluding hydrogens is 313 g/mol. The zero-order valence-corrected chi connectivity index (χ0v) is 13.2. The summed E-state index contributed by atoms with van der Waals surface area (Å²) in [6.07, 6.45) is -0.101. The second kappa shape index (κ2) is 6.30. The summed E-state index contributed by atoms with van der Waals surface area (Å²) in [5.74, 6) is -1.24. The lowest BCUT2D eigenvalue weighted by atomic mass is 10.1. The van der Waals surface area contributed by atoms with Crippen molar-refractivity contribution >= 4 is 17.3 Å². The van der Waals surface area contributed by atoms with Gasteiger partial charge in [-0.25, -0.2) is 9.37 Å². The van der Waals surface area contributed by atoms with Gasteiger partial charge in [0.2, 0.25) is 0 Å². The average Bonchev–Trinajstić information content (AvgIpc) is 2.92. The third-order valence-corrected chi connectivity index (χ3v) is 4.53. The zero-order valence-electron chi connectivity index (χ0n) is 12.4. The van der Waals surface area contributed by atoms with E-state index < -0.39 is 5.97 Å². The van der Waals surface area contributed by atoms with Crippen LogP contribution in [-0.4, -0.2) is 16.1 Å². The Morgan fingerprint density at radius 3 is 2.30 bits per heavy atom. The van der Waals surface area contributed by atoms with E-state index in [9.17, 15) is 9.18 Å². The molecule has 0 saturated carbocycles. The fourth-order valence-electron chi connectivity index (χ4n) is 2.26. The minimum atomic E-state index is -0.910. The lowest BCUT2D eigenvalue weighted by Gasteiger charge is -2.00. The van der Waals surface area contributed by atoms with E-state index in [0.717, 1.165) is 21.7 Å². The van der Waals surface area contributed by atoms with E-state index in [1.54, 1.807) is 12.1 Å². The van der Waals surface area contributed by atoms with Crippen molar-refractivity contribution in [1.29, 1.82) is 0 Å². The van der Waals surface area contributed by atoms with Gasteiger partial charge in [0.05, 0.1) is 12.1 Å². The molecule has 0 fully saturated rings. The predicted molar refractivity (Wildman–Crippen MR) is 89.0 cm³/mol. The highest BCUT2D eigenvalue weighted by Crippen LogP contribution is 2.34. The van der Waals surface area contributed by atoms with Gasteiger partial charge in [-0.2, -0.15) is 0 Å². The van der Waals surface area contributed by atoms with Crippen molar-refractivity contribution in [1.82, 2.24) is 4.98 Å². The van der Waals surface area contributed by atoms with Crippen LogP contribution < -0.4 is 0 Å². The normalized spacial score (nSPS) is 10.7. The largest absolute Gasteiger partial charge is 0.481 e. The van der Waals surface area contributed by atoms with Gasteiger partial charge in [-0.15, -0.1) is 11.3 Å². The smallest absolute Gasteiger partial charge is 0.308 e. The number of rotatable bonds is 4. The number of halogens is 1. The molecule has 1 heterocycles. The highest BCUT2D eigenvalue weighted by molar-refractivity contribution is 7.15. The standard InChI is InChI=1S/C18H14FNO2S/c1-11-2-4-13(5-3-11)18-20-17(15(23-18)10-16(21)22)12-6-8-14(19)9-7-12/h2-9H,10H2,1H3,(H,21,22). The van der Waals surface area contributed by atoms with Crippen molar-refractivity contribution in [2.24, 2.45) is 0 Å². The summed E-state index contributed by atoms with van der Waals surface area (Å²) in [4.78, 5) is 16.4. The summed E-state index contributed by atoms with van der Waals surface area (Å²) in [7, 11) is 0. The highest BCUT2D eigenvalue weighted by Gasteiger charge is 2.16. The Bertz CT molecular complexity index is 838. The number of carboxylic acids is 1. The fraction of sp³-hybridized carbons (Fsp3) is 0.111. The van der Waals surface area contributed by atoms with E-state index in [1.165, 1.54) is 23.5 Å². The first-order chi connectivity index (χ1) is 11.0. The SMILES string of the molecule is Cc1ccc(-c2nc(-c3ccc(F)cc3)c(CC(=O)O)s2)cc1. The number of carboxylic acid groups (broad SMARTS) is 1. The molecule has 116 valence electrons. The monoisotopic (exact) mass is 327 g/mol. The molecule has 3 rings (SSSR count). The van der Waals surface area contributed by atoms with Crippen LogP contribution in [-0.2, 0) is 11.2 Å². The number of carbonyl (C=O) groups is 1. The molecule has 0 amide bonds. The third kappa shape index (κ3) is 3.46. The molecule has 0 aliphatic heterocycles. The van der Waals surface area contributed by atoms with Crippen LogP contribution >= 0.6 is 11.3 Å². The summed E-state index contributed by atoms with van der Waals surface area (Å²) in [5, 5.41) is 9.88. The molecule has 0 spiro atoms. The number of nitrogens with zero attached hydrogens (tertiary/aromatic N) is 1. The van der Waals surface area contributed by atoms with Gasteiger partial charge < -0.3 is 5.11 Å². The predicted octanol–water partition coefficient (Wildman–Crippen LogP) is 4.55. The van der Waals surface area contributed by atoms with Crippen LogP contribution in [0, 0.1) is 12.7 Å². The number of aromatic nitrogens is 1. The molecule has 3 aromatic rings. The van der Waals surface area contributed by atoms with Crippen LogP contribution in [0.1, 0.15) is 10.4 Å². The maximum atomic E-state index is 13.1. The Hall–Kier alpha value is -2.53. The second-order valence-electron chi connectivity index (χ2n) is 5.23. The van der Waals surface area contributed by atoms with E-state index in [4.69, 9.17) is 5.11 Å². The average molecular weight is 327 g/mol. The van der Waals surface area contributed by atoms with E-state index in [-0.39, 0.29) is 12.2 Å². The summed E-state index contributed by atoms with van der Waals surface area (Å²) in [6, 6.07) is 13.9. The number of hydrogen-bond donors (Lipinski definition) is 1. The summed E-state index contributed by atoms with van der Waals surface area (Å²) >= 11 is 1.36. The van der Waals surface area contributed by atoms with E-state index in [1.807, 2.05) is 31.2 Å².